The second-order valence-electron chi connectivity index (χ2n) is 7.53. The Hall–Kier alpha value is -3.73. The maximum Gasteiger partial charge on any atom is 0.252 e. The number of fused-ring (bicyclic) bond motifs is 2. The quantitative estimate of drug-likeness (QED) is 0.509. The van der Waals surface area contributed by atoms with E-state index in [9.17, 15) is 14.4 Å². The summed E-state index contributed by atoms with van der Waals surface area (Å²) in [5.74, 6) is 0.407. The summed E-state index contributed by atoms with van der Waals surface area (Å²) < 4.78 is 20.8. The van der Waals surface area contributed by atoms with Crippen molar-refractivity contribution in [3.8, 4) is 6.07 Å². The third kappa shape index (κ3) is 2.99. The highest BCUT2D eigenvalue weighted by Gasteiger charge is 2.26. The minimum absolute atomic E-state index is 0.118. The second-order valence-corrected chi connectivity index (χ2v) is 7.53. The summed E-state index contributed by atoms with van der Waals surface area (Å²) in [5, 5.41) is 9.22. The number of hydrogen-bond acceptors (Lipinski definition) is 6. The molecule has 1 aromatic carbocycles. The molecule has 4 heterocycles. The summed E-state index contributed by atoms with van der Waals surface area (Å²) in [5.41, 5.74) is 3.38. The number of nitriles is 1. The average molecular weight is 403 g/mol. The Morgan fingerprint density at radius 1 is 1.17 bits per heavy atom. The van der Waals surface area contributed by atoms with Gasteiger partial charge in [-0.1, -0.05) is 0 Å². The molecule has 7 nitrogen and oxygen atoms in total. The lowest BCUT2D eigenvalue weighted by atomic mass is 9.96. The van der Waals surface area contributed by atoms with E-state index in [4.69, 9.17) is 4.42 Å². The first-order valence-electron chi connectivity index (χ1n) is 9.75. The van der Waals surface area contributed by atoms with Gasteiger partial charge in [0, 0.05) is 38.2 Å². The number of hydrogen-bond donors (Lipinski definition) is 0. The number of halogens is 1. The van der Waals surface area contributed by atoms with Crippen molar-refractivity contribution in [2.75, 3.05) is 18.0 Å². The fraction of sp³-hybridized carbons (Fsp3) is 0.273. The Labute approximate surface area is 171 Å². The number of anilines is 1. The molecule has 1 aliphatic rings. The Kier molecular flexibility index (Phi) is 4.24. The summed E-state index contributed by atoms with van der Waals surface area (Å²) in [6, 6.07) is 11.4. The van der Waals surface area contributed by atoms with Crippen LogP contribution in [0.5, 0.6) is 0 Å². The van der Waals surface area contributed by atoms with Crippen LogP contribution < -0.4 is 10.5 Å². The zero-order chi connectivity index (χ0) is 20.8. The van der Waals surface area contributed by atoms with Gasteiger partial charge in [0.05, 0.1) is 11.2 Å². The van der Waals surface area contributed by atoms with Crippen LogP contribution in [-0.4, -0.2) is 27.6 Å². The molecule has 0 aliphatic carbocycles. The van der Waals surface area contributed by atoms with Crippen LogP contribution in [-0.2, 0) is 7.05 Å². The van der Waals surface area contributed by atoms with Crippen LogP contribution in [0.15, 0.2) is 45.6 Å². The van der Waals surface area contributed by atoms with Gasteiger partial charge in [-0.15, -0.1) is 0 Å². The number of benzene rings is 1. The van der Waals surface area contributed by atoms with Crippen LogP contribution >= 0.6 is 0 Å². The number of nitrogens with zero attached hydrogens (tertiary/aromatic N) is 5. The van der Waals surface area contributed by atoms with E-state index in [1.54, 1.807) is 31.3 Å². The number of aromatic nitrogens is 3. The maximum absolute atomic E-state index is 13.4. The number of piperidine rings is 1. The van der Waals surface area contributed by atoms with Gasteiger partial charge in [-0.25, -0.2) is 14.4 Å². The Bertz CT molecular complexity index is 1380. The van der Waals surface area contributed by atoms with E-state index in [1.807, 2.05) is 0 Å². The fourth-order valence-corrected chi connectivity index (χ4v) is 4.08. The van der Waals surface area contributed by atoms with Crippen molar-refractivity contribution in [3.63, 3.8) is 0 Å². The molecule has 0 unspecified atom stereocenters. The largest absolute Gasteiger partial charge is 0.440 e. The van der Waals surface area contributed by atoms with Crippen molar-refractivity contribution >= 4 is 27.8 Å². The van der Waals surface area contributed by atoms with Crippen molar-refractivity contribution in [2.24, 2.45) is 7.05 Å². The zero-order valence-corrected chi connectivity index (χ0v) is 16.3. The lowest BCUT2D eigenvalue weighted by molar-refractivity contribution is 0.407. The molecule has 0 atom stereocenters. The lowest BCUT2D eigenvalue weighted by Crippen LogP contribution is -2.34. The van der Waals surface area contributed by atoms with Crippen molar-refractivity contribution in [1.29, 1.82) is 5.26 Å². The molecule has 1 saturated heterocycles. The molecule has 8 heteroatoms. The van der Waals surface area contributed by atoms with Gasteiger partial charge in [0.1, 0.15) is 28.6 Å². The summed E-state index contributed by atoms with van der Waals surface area (Å²) in [7, 11) is 1.70. The molecule has 30 heavy (non-hydrogen) atoms. The minimum atomic E-state index is -0.334. The standard InChI is InChI=1S/C22H18FN5O2/c1-27-17-4-3-15(12-24)25-21(17)18(11-20(27)29)28-8-6-13(7-9-28)22-26-16-10-14(23)2-5-19(16)30-22/h2-5,10-11,13H,6-9H2,1H3. The van der Waals surface area contributed by atoms with E-state index >= 15 is 0 Å². The van der Waals surface area contributed by atoms with Crippen LogP contribution in [0.1, 0.15) is 30.3 Å². The van der Waals surface area contributed by atoms with Crippen LogP contribution in [0, 0.1) is 17.1 Å². The summed E-state index contributed by atoms with van der Waals surface area (Å²) >= 11 is 0. The van der Waals surface area contributed by atoms with E-state index in [-0.39, 0.29) is 17.3 Å². The second kappa shape index (κ2) is 6.95. The monoisotopic (exact) mass is 403 g/mol. The minimum Gasteiger partial charge on any atom is -0.440 e. The molecule has 0 bridgehead atoms. The summed E-state index contributed by atoms with van der Waals surface area (Å²) in [6.07, 6.45) is 1.56. The molecular weight excluding hydrogens is 385 g/mol. The van der Waals surface area contributed by atoms with Crippen molar-refractivity contribution in [2.45, 2.75) is 18.8 Å². The highest BCUT2D eigenvalue weighted by Crippen LogP contribution is 2.33. The first kappa shape index (κ1) is 18.3. The van der Waals surface area contributed by atoms with Gasteiger partial charge in [0.2, 0.25) is 0 Å². The van der Waals surface area contributed by atoms with Crippen LogP contribution in [0.2, 0.25) is 0 Å². The molecule has 0 spiro atoms. The van der Waals surface area contributed by atoms with E-state index in [0.29, 0.717) is 46.8 Å². The average Bonchev–Trinajstić information content (AvgIpc) is 3.19. The highest BCUT2D eigenvalue weighted by atomic mass is 19.1. The van der Waals surface area contributed by atoms with Gasteiger partial charge < -0.3 is 13.9 Å². The normalized spacial score (nSPS) is 15.0. The molecule has 1 aliphatic heterocycles. The number of oxazole rings is 1. The van der Waals surface area contributed by atoms with Gasteiger partial charge in [-0.3, -0.25) is 4.79 Å². The van der Waals surface area contributed by atoms with Crippen LogP contribution in [0.3, 0.4) is 0 Å². The van der Waals surface area contributed by atoms with E-state index in [2.05, 4.69) is 20.9 Å². The number of pyridine rings is 2. The molecular formula is C22H18FN5O2. The van der Waals surface area contributed by atoms with Crippen molar-refractivity contribution in [1.82, 2.24) is 14.5 Å². The van der Waals surface area contributed by atoms with E-state index in [0.717, 1.165) is 18.5 Å². The maximum atomic E-state index is 13.4. The van der Waals surface area contributed by atoms with Crippen LogP contribution in [0.25, 0.3) is 22.1 Å². The van der Waals surface area contributed by atoms with E-state index in [1.165, 1.54) is 16.7 Å². The summed E-state index contributed by atoms with van der Waals surface area (Å²) in [6.45, 7) is 1.39. The highest BCUT2D eigenvalue weighted by molar-refractivity contribution is 5.88. The zero-order valence-electron chi connectivity index (χ0n) is 16.3. The Balaban J connectivity index is 1.45. The summed E-state index contributed by atoms with van der Waals surface area (Å²) in [4.78, 5) is 23.5. The van der Waals surface area contributed by atoms with E-state index < -0.39 is 0 Å². The Morgan fingerprint density at radius 3 is 2.73 bits per heavy atom. The molecule has 3 aromatic heterocycles. The molecule has 150 valence electrons. The first-order chi connectivity index (χ1) is 14.5. The van der Waals surface area contributed by atoms with Gasteiger partial charge in [0.25, 0.3) is 5.56 Å². The van der Waals surface area contributed by atoms with Crippen LogP contribution in [0.4, 0.5) is 10.1 Å². The molecule has 5 rings (SSSR count). The van der Waals surface area contributed by atoms with Gasteiger partial charge >= 0.3 is 0 Å². The van der Waals surface area contributed by atoms with Crippen molar-refractivity contribution < 1.29 is 8.81 Å². The third-order valence-electron chi connectivity index (χ3n) is 5.73. The molecule has 1 fully saturated rings. The molecule has 0 saturated carbocycles. The predicted octanol–water partition coefficient (Wildman–Crippen LogP) is 3.47. The first-order valence-corrected chi connectivity index (χ1v) is 9.75. The number of rotatable bonds is 2. The fourth-order valence-electron chi connectivity index (χ4n) is 4.08. The third-order valence-corrected chi connectivity index (χ3v) is 5.73. The Morgan fingerprint density at radius 2 is 1.97 bits per heavy atom. The predicted molar refractivity (Wildman–Crippen MR) is 110 cm³/mol. The SMILES string of the molecule is Cn1c(=O)cc(N2CCC(c3nc4cc(F)ccc4o3)CC2)c2nc(C#N)ccc21. The lowest BCUT2D eigenvalue weighted by Gasteiger charge is -2.32. The number of aryl methyl sites for hydroxylation is 1. The molecule has 0 N–H and O–H groups in total. The molecule has 0 amide bonds. The molecule has 4 aromatic rings. The smallest absolute Gasteiger partial charge is 0.252 e. The molecule has 0 radical (unpaired) electrons. The topological polar surface area (TPSA) is 87.9 Å². The van der Waals surface area contributed by atoms with Gasteiger partial charge in [0.15, 0.2) is 11.5 Å². The van der Waals surface area contributed by atoms with Crippen molar-refractivity contribution in [3.05, 3.63) is 64.2 Å². The van der Waals surface area contributed by atoms with Gasteiger partial charge in [-0.2, -0.15) is 5.26 Å². The van der Waals surface area contributed by atoms with Gasteiger partial charge in [-0.05, 0) is 37.1 Å².